The highest BCUT2D eigenvalue weighted by molar-refractivity contribution is 5.96. The van der Waals surface area contributed by atoms with E-state index < -0.39 is 10.8 Å². The van der Waals surface area contributed by atoms with Gasteiger partial charge in [0.15, 0.2) is 0 Å². The molecule has 4 bridgehead atoms. The Hall–Kier alpha value is -2.70. The van der Waals surface area contributed by atoms with Crippen LogP contribution in [0, 0.1) is 27.9 Å². The molecule has 1 heterocycles. The first-order chi connectivity index (χ1) is 14.4. The third-order valence-corrected chi connectivity index (χ3v) is 7.54. The molecule has 4 aliphatic carbocycles. The summed E-state index contributed by atoms with van der Waals surface area (Å²) in [6, 6.07) is 9.91. The molecule has 0 aliphatic heterocycles. The first-order valence-electron chi connectivity index (χ1n) is 11.0. The average molecular weight is 409 g/mol. The van der Waals surface area contributed by atoms with E-state index in [0.717, 1.165) is 24.8 Å². The van der Waals surface area contributed by atoms with Gasteiger partial charge in [0.05, 0.1) is 10.5 Å². The summed E-state index contributed by atoms with van der Waals surface area (Å²) in [4.78, 5) is 24.1. The number of nitrogens with zero attached hydrogens (tertiary/aromatic N) is 3. The number of amides is 1. The number of nitrogens with one attached hydrogen (secondary N) is 1. The molecule has 0 unspecified atom stereocenters. The first kappa shape index (κ1) is 19.3. The zero-order valence-electron chi connectivity index (χ0n) is 17.3. The predicted molar refractivity (Wildman–Crippen MR) is 112 cm³/mol. The second-order valence-corrected chi connectivity index (χ2v) is 9.73. The van der Waals surface area contributed by atoms with Gasteiger partial charge >= 0.3 is 5.69 Å². The van der Waals surface area contributed by atoms with Crippen molar-refractivity contribution in [3.05, 3.63) is 57.9 Å². The SMILES string of the molecule is C[C@@H](CNC(=O)c1nn(C23CC4CC(CC(C4)C2)C3)cc1[N+](=O)[O-])c1ccccc1. The molecule has 0 radical (unpaired) electrons. The Bertz CT molecular complexity index is 933. The molecule has 1 aromatic heterocycles. The van der Waals surface area contributed by atoms with Crippen molar-refractivity contribution in [3.63, 3.8) is 0 Å². The largest absolute Gasteiger partial charge is 0.350 e. The molecule has 0 saturated heterocycles. The second kappa shape index (κ2) is 7.22. The van der Waals surface area contributed by atoms with Gasteiger partial charge in [-0.2, -0.15) is 5.10 Å². The van der Waals surface area contributed by atoms with E-state index in [0.29, 0.717) is 24.3 Å². The maximum Gasteiger partial charge on any atom is 0.320 e. The lowest BCUT2D eigenvalue weighted by Crippen LogP contribution is -2.52. The maximum absolute atomic E-state index is 12.9. The zero-order valence-corrected chi connectivity index (χ0v) is 17.3. The van der Waals surface area contributed by atoms with E-state index in [2.05, 4.69) is 10.4 Å². The number of nitro groups is 1. The fourth-order valence-corrected chi connectivity index (χ4v) is 6.48. The molecule has 4 saturated carbocycles. The Kier molecular flexibility index (Phi) is 4.64. The Morgan fingerprint density at radius 2 is 1.80 bits per heavy atom. The van der Waals surface area contributed by atoms with Crippen LogP contribution in [0.2, 0.25) is 0 Å². The highest BCUT2D eigenvalue weighted by Gasteiger charge is 2.53. The normalized spacial score (nSPS) is 30.2. The number of carbonyl (C=O) groups is 1. The molecule has 4 aliphatic rings. The van der Waals surface area contributed by atoms with Crippen LogP contribution in [0.3, 0.4) is 0 Å². The first-order valence-corrected chi connectivity index (χ1v) is 11.0. The van der Waals surface area contributed by atoms with Crippen LogP contribution in [0.5, 0.6) is 0 Å². The molecule has 2 aromatic rings. The highest BCUT2D eigenvalue weighted by atomic mass is 16.6. The summed E-state index contributed by atoms with van der Waals surface area (Å²) in [5.74, 6) is 1.74. The van der Waals surface area contributed by atoms with Gasteiger partial charge in [0.1, 0.15) is 6.20 Å². The van der Waals surface area contributed by atoms with Gasteiger partial charge in [-0.3, -0.25) is 19.6 Å². The van der Waals surface area contributed by atoms with Crippen LogP contribution in [0.1, 0.15) is 67.4 Å². The minimum absolute atomic E-state index is 0.0593. The fourth-order valence-electron chi connectivity index (χ4n) is 6.48. The van der Waals surface area contributed by atoms with E-state index >= 15 is 0 Å². The Morgan fingerprint density at radius 1 is 1.20 bits per heavy atom. The van der Waals surface area contributed by atoms with Crippen LogP contribution in [-0.2, 0) is 5.54 Å². The summed E-state index contributed by atoms with van der Waals surface area (Å²) in [6.07, 6.45) is 8.47. The summed E-state index contributed by atoms with van der Waals surface area (Å²) < 4.78 is 1.80. The predicted octanol–water partition coefficient (Wildman–Crippen LogP) is 4.25. The van der Waals surface area contributed by atoms with Crippen LogP contribution in [0.4, 0.5) is 5.69 Å². The number of hydrogen-bond donors (Lipinski definition) is 1. The minimum Gasteiger partial charge on any atom is -0.350 e. The fraction of sp³-hybridized carbons (Fsp3) is 0.565. The third-order valence-electron chi connectivity index (χ3n) is 7.54. The van der Waals surface area contributed by atoms with Crippen molar-refractivity contribution < 1.29 is 9.72 Å². The third kappa shape index (κ3) is 3.30. The molecule has 7 nitrogen and oxygen atoms in total. The Balaban J connectivity index is 1.37. The molecule has 158 valence electrons. The number of aromatic nitrogens is 2. The number of hydrogen-bond acceptors (Lipinski definition) is 4. The standard InChI is InChI=1S/C23H28N4O3/c1-15(19-5-3-2-4-6-19)13-24-22(28)21-20(27(29)30)14-26(25-21)23-10-16-7-17(11-23)9-18(8-16)12-23/h2-6,14-18H,7-13H2,1H3,(H,24,28)/t15-,16?,17?,18?,23?/m0/s1. The number of benzene rings is 1. The molecular weight excluding hydrogens is 380 g/mol. The van der Waals surface area contributed by atoms with Crippen molar-refractivity contribution >= 4 is 11.6 Å². The van der Waals surface area contributed by atoms with Gasteiger partial charge in [-0.15, -0.1) is 0 Å². The maximum atomic E-state index is 12.9. The van der Waals surface area contributed by atoms with Crippen LogP contribution in [0.25, 0.3) is 0 Å². The summed E-state index contributed by atoms with van der Waals surface area (Å²) in [5, 5.41) is 19.1. The van der Waals surface area contributed by atoms with Crippen LogP contribution >= 0.6 is 0 Å². The summed E-state index contributed by atoms with van der Waals surface area (Å²) in [6.45, 7) is 2.43. The van der Waals surface area contributed by atoms with Crippen molar-refractivity contribution in [2.24, 2.45) is 17.8 Å². The molecule has 1 N–H and O–H groups in total. The Labute approximate surface area is 176 Å². The monoisotopic (exact) mass is 408 g/mol. The van der Waals surface area contributed by atoms with Crippen LogP contribution in [0.15, 0.2) is 36.5 Å². The van der Waals surface area contributed by atoms with Crippen molar-refractivity contribution in [2.45, 2.75) is 56.9 Å². The highest BCUT2D eigenvalue weighted by Crippen LogP contribution is 2.58. The van der Waals surface area contributed by atoms with Gasteiger partial charge in [-0.25, -0.2) is 0 Å². The van der Waals surface area contributed by atoms with Crippen molar-refractivity contribution in [3.8, 4) is 0 Å². The molecule has 1 amide bonds. The van der Waals surface area contributed by atoms with Gasteiger partial charge in [0.25, 0.3) is 5.91 Å². The molecule has 0 spiro atoms. The topological polar surface area (TPSA) is 90.1 Å². The second-order valence-electron chi connectivity index (χ2n) is 9.73. The summed E-state index contributed by atoms with van der Waals surface area (Å²) >= 11 is 0. The minimum atomic E-state index is -0.473. The van der Waals surface area contributed by atoms with Gasteiger partial charge < -0.3 is 5.32 Å². The van der Waals surface area contributed by atoms with E-state index in [9.17, 15) is 14.9 Å². The average Bonchev–Trinajstić information content (AvgIpc) is 3.18. The van der Waals surface area contributed by atoms with E-state index in [1.54, 1.807) is 4.68 Å². The van der Waals surface area contributed by atoms with E-state index in [1.807, 2.05) is 37.3 Å². The number of rotatable bonds is 6. The van der Waals surface area contributed by atoms with Crippen molar-refractivity contribution in [1.82, 2.24) is 15.1 Å². The molecular formula is C23H28N4O3. The summed E-state index contributed by atoms with van der Waals surface area (Å²) in [5.41, 5.74) is 0.730. The van der Waals surface area contributed by atoms with E-state index in [-0.39, 0.29) is 22.8 Å². The molecule has 6 rings (SSSR count). The van der Waals surface area contributed by atoms with Crippen molar-refractivity contribution in [1.29, 1.82) is 0 Å². The van der Waals surface area contributed by atoms with Crippen LogP contribution in [-0.4, -0.2) is 27.2 Å². The van der Waals surface area contributed by atoms with Gasteiger partial charge in [0, 0.05) is 6.54 Å². The molecule has 7 heteroatoms. The van der Waals surface area contributed by atoms with Crippen LogP contribution < -0.4 is 5.32 Å². The molecule has 30 heavy (non-hydrogen) atoms. The van der Waals surface area contributed by atoms with Crippen molar-refractivity contribution in [2.75, 3.05) is 6.54 Å². The quantitative estimate of drug-likeness (QED) is 0.571. The lowest BCUT2D eigenvalue weighted by atomic mass is 9.53. The zero-order chi connectivity index (χ0) is 20.9. The molecule has 1 aromatic carbocycles. The van der Waals surface area contributed by atoms with Gasteiger partial charge in [-0.1, -0.05) is 37.3 Å². The lowest BCUT2D eigenvalue weighted by Gasteiger charge is -2.56. The van der Waals surface area contributed by atoms with Gasteiger partial charge in [0.2, 0.25) is 5.69 Å². The smallest absolute Gasteiger partial charge is 0.320 e. The Morgan fingerprint density at radius 3 is 2.37 bits per heavy atom. The lowest BCUT2D eigenvalue weighted by molar-refractivity contribution is -0.385. The summed E-state index contributed by atoms with van der Waals surface area (Å²) in [7, 11) is 0. The van der Waals surface area contributed by atoms with E-state index in [4.69, 9.17) is 0 Å². The van der Waals surface area contributed by atoms with Gasteiger partial charge in [-0.05, 0) is 67.8 Å². The van der Waals surface area contributed by atoms with E-state index in [1.165, 1.54) is 25.5 Å². The number of carbonyl (C=O) groups excluding carboxylic acids is 1. The molecule has 4 fully saturated rings. The molecule has 1 atom stereocenters.